The normalized spacial score (nSPS) is 10.4. The maximum atomic E-state index is 11.0. The highest BCUT2D eigenvalue weighted by Gasteiger charge is 2.07. The zero-order valence-corrected chi connectivity index (χ0v) is 16.0. The Kier molecular flexibility index (Phi) is 7.86. The van der Waals surface area contributed by atoms with Crippen LogP contribution in [0.2, 0.25) is 0 Å². The first-order chi connectivity index (χ1) is 13.0. The monoisotopic (exact) mass is 369 g/mol. The predicted molar refractivity (Wildman–Crippen MR) is 107 cm³/mol. The van der Waals surface area contributed by atoms with E-state index in [-0.39, 0.29) is 12.2 Å². The number of carbonyl (C=O) groups excluding carboxylic acids is 1. The number of aliphatic carboxylic acids is 1. The molecule has 0 bridgehead atoms. The minimum Gasteiger partial charge on any atom is -0.496 e. The van der Waals surface area contributed by atoms with Crippen molar-refractivity contribution in [1.29, 1.82) is 0 Å². The standard InChI is InChI=1S/C22H27NO4/c1-16(24)15-23-20-11-7-17(8-12-20)4-3-5-19-10-6-18(9-13-22(25)26)14-21(19)27-2/h6-8,10-12,14,23H,3-5,9,13,15H2,1-2H3,(H,25,26). The Morgan fingerprint density at radius 3 is 2.33 bits per heavy atom. The van der Waals surface area contributed by atoms with Crippen molar-refractivity contribution in [3.8, 4) is 5.75 Å². The minimum absolute atomic E-state index is 0.113. The van der Waals surface area contributed by atoms with E-state index in [1.807, 2.05) is 30.3 Å². The first kappa shape index (κ1) is 20.5. The van der Waals surface area contributed by atoms with Gasteiger partial charge in [0.25, 0.3) is 0 Å². The molecule has 2 aromatic rings. The maximum absolute atomic E-state index is 11.0. The summed E-state index contributed by atoms with van der Waals surface area (Å²) in [4.78, 5) is 21.7. The SMILES string of the molecule is COc1cc(CCC(=O)O)ccc1CCCc1ccc(NCC(C)=O)cc1. The van der Waals surface area contributed by atoms with Crippen LogP contribution in [0.4, 0.5) is 5.69 Å². The zero-order chi connectivity index (χ0) is 19.6. The van der Waals surface area contributed by atoms with Crippen LogP contribution < -0.4 is 10.1 Å². The van der Waals surface area contributed by atoms with E-state index in [2.05, 4.69) is 17.4 Å². The number of carbonyl (C=O) groups is 2. The van der Waals surface area contributed by atoms with E-state index in [9.17, 15) is 9.59 Å². The maximum Gasteiger partial charge on any atom is 0.303 e. The summed E-state index contributed by atoms with van der Waals surface area (Å²) >= 11 is 0. The van der Waals surface area contributed by atoms with Crippen LogP contribution in [0.25, 0.3) is 0 Å². The van der Waals surface area contributed by atoms with Crippen molar-refractivity contribution in [2.45, 2.75) is 39.0 Å². The number of methoxy groups -OCH3 is 1. The number of ketones is 1. The van der Waals surface area contributed by atoms with Crippen LogP contribution >= 0.6 is 0 Å². The number of aryl methyl sites for hydroxylation is 3. The lowest BCUT2D eigenvalue weighted by Gasteiger charge is -2.11. The third kappa shape index (κ3) is 7.13. The summed E-state index contributed by atoms with van der Waals surface area (Å²) in [6.07, 6.45) is 3.48. The molecule has 0 heterocycles. The Morgan fingerprint density at radius 1 is 1.00 bits per heavy atom. The first-order valence-corrected chi connectivity index (χ1v) is 9.17. The lowest BCUT2D eigenvalue weighted by atomic mass is 10.0. The van der Waals surface area contributed by atoms with Gasteiger partial charge in [-0.2, -0.15) is 0 Å². The number of carboxylic acid groups (broad SMARTS) is 1. The van der Waals surface area contributed by atoms with E-state index >= 15 is 0 Å². The van der Waals surface area contributed by atoms with Crippen LogP contribution in [0.1, 0.15) is 36.5 Å². The van der Waals surface area contributed by atoms with Gasteiger partial charge in [-0.15, -0.1) is 0 Å². The summed E-state index contributed by atoms with van der Waals surface area (Å²) in [5.41, 5.74) is 4.32. The number of ether oxygens (including phenoxy) is 1. The van der Waals surface area contributed by atoms with E-state index in [4.69, 9.17) is 9.84 Å². The van der Waals surface area contributed by atoms with Gasteiger partial charge in [-0.3, -0.25) is 9.59 Å². The average Bonchev–Trinajstić information content (AvgIpc) is 2.66. The minimum atomic E-state index is -0.791. The fourth-order valence-corrected chi connectivity index (χ4v) is 2.90. The van der Waals surface area contributed by atoms with Crippen molar-refractivity contribution >= 4 is 17.4 Å². The Hall–Kier alpha value is -2.82. The molecule has 2 N–H and O–H groups in total. The molecule has 0 saturated carbocycles. The van der Waals surface area contributed by atoms with Crippen molar-refractivity contribution in [2.75, 3.05) is 19.0 Å². The fraction of sp³-hybridized carbons (Fsp3) is 0.364. The lowest BCUT2D eigenvalue weighted by Crippen LogP contribution is -2.09. The Labute approximate surface area is 160 Å². The summed E-state index contributed by atoms with van der Waals surface area (Å²) in [5.74, 6) is 0.143. The molecule has 0 radical (unpaired) electrons. The van der Waals surface area contributed by atoms with Crippen LogP contribution in [0.15, 0.2) is 42.5 Å². The van der Waals surface area contributed by atoms with Crippen molar-refractivity contribution in [1.82, 2.24) is 0 Å². The van der Waals surface area contributed by atoms with Crippen LogP contribution in [0.3, 0.4) is 0 Å². The molecular weight excluding hydrogens is 342 g/mol. The van der Waals surface area contributed by atoms with Crippen LogP contribution in [0, 0.1) is 0 Å². The highest BCUT2D eigenvalue weighted by atomic mass is 16.5. The van der Waals surface area contributed by atoms with E-state index in [0.29, 0.717) is 13.0 Å². The molecule has 5 nitrogen and oxygen atoms in total. The van der Waals surface area contributed by atoms with Crippen molar-refractivity contribution in [3.63, 3.8) is 0 Å². The quantitative estimate of drug-likeness (QED) is 0.628. The molecule has 0 aliphatic rings. The fourth-order valence-electron chi connectivity index (χ4n) is 2.90. The Bertz CT molecular complexity index is 768. The molecule has 0 aliphatic heterocycles. The molecule has 2 rings (SSSR count). The van der Waals surface area contributed by atoms with Gasteiger partial charge in [-0.1, -0.05) is 24.3 Å². The van der Waals surface area contributed by atoms with Crippen LogP contribution in [0.5, 0.6) is 5.75 Å². The van der Waals surface area contributed by atoms with Crippen molar-refractivity contribution in [3.05, 3.63) is 59.2 Å². The molecule has 0 amide bonds. The van der Waals surface area contributed by atoms with Gasteiger partial charge in [-0.25, -0.2) is 0 Å². The van der Waals surface area contributed by atoms with E-state index < -0.39 is 5.97 Å². The number of benzene rings is 2. The highest BCUT2D eigenvalue weighted by molar-refractivity contribution is 5.80. The molecule has 0 atom stereocenters. The third-order valence-corrected chi connectivity index (χ3v) is 4.39. The molecule has 27 heavy (non-hydrogen) atoms. The molecule has 0 aromatic heterocycles. The predicted octanol–water partition coefficient (Wildman–Crippen LogP) is 3.89. The van der Waals surface area contributed by atoms with Crippen LogP contribution in [-0.4, -0.2) is 30.5 Å². The van der Waals surface area contributed by atoms with Gasteiger partial charge in [0, 0.05) is 12.1 Å². The topological polar surface area (TPSA) is 75.6 Å². The van der Waals surface area contributed by atoms with Gasteiger partial charge in [-0.05, 0) is 67.5 Å². The average molecular weight is 369 g/mol. The van der Waals surface area contributed by atoms with Gasteiger partial charge in [0.1, 0.15) is 11.5 Å². The molecule has 144 valence electrons. The number of anilines is 1. The number of hydrogen-bond donors (Lipinski definition) is 2. The van der Waals surface area contributed by atoms with Gasteiger partial charge in [0.2, 0.25) is 0 Å². The summed E-state index contributed by atoms with van der Waals surface area (Å²) < 4.78 is 5.47. The number of carboxylic acids is 1. The summed E-state index contributed by atoms with van der Waals surface area (Å²) in [6.45, 7) is 1.91. The zero-order valence-electron chi connectivity index (χ0n) is 16.0. The highest BCUT2D eigenvalue weighted by Crippen LogP contribution is 2.23. The molecule has 0 saturated heterocycles. The van der Waals surface area contributed by atoms with Crippen LogP contribution in [-0.2, 0) is 28.9 Å². The van der Waals surface area contributed by atoms with Gasteiger partial charge in [0.05, 0.1) is 13.7 Å². The molecule has 5 heteroatoms. The number of hydrogen-bond acceptors (Lipinski definition) is 4. The van der Waals surface area contributed by atoms with E-state index in [1.54, 1.807) is 14.0 Å². The summed E-state index contributed by atoms with van der Waals surface area (Å²) in [7, 11) is 1.65. The van der Waals surface area contributed by atoms with Gasteiger partial charge in [0.15, 0.2) is 0 Å². The van der Waals surface area contributed by atoms with Gasteiger partial charge >= 0.3 is 5.97 Å². The second kappa shape index (κ2) is 10.4. The number of rotatable bonds is 11. The third-order valence-electron chi connectivity index (χ3n) is 4.39. The number of nitrogens with one attached hydrogen (secondary N) is 1. The molecular formula is C22H27NO4. The Balaban J connectivity index is 1.87. The smallest absolute Gasteiger partial charge is 0.303 e. The molecule has 0 unspecified atom stereocenters. The van der Waals surface area contributed by atoms with E-state index in [0.717, 1.165) is 41.8 Å². The largest absolute Gasteiger partial charge is 0.496 e. The molecule has 2 aromatic carbocycles. The first-order valence-electron chi connectivity index (χ1n) is 9.17. The second-order valence-electron chi connectivity index (χ2n) is 6.65. The van der Waals surface area contributed by atoms with Crippen molar-refractivity contribution < 1.29 is 19.4 Å². The van der Waals surface area contributed by atoms with Gasteiger partial charge < -0.3 is 15.2 Å². The Morgan fingerprint density at radius 2 is 1.70 bits per heavy atom. The molecule has 0 spiro atoms. The molecule has 0 fully saturated rings. The van der Waals surface area contributed by atoms with Crippen molar-refractivity contribution in [2.24, 2.45) is 0 Å². The second-order valence-corrected chi connectivity index (χ2v) is 6.65. The number of Topliss-reactive ketones (excluding diaryl/α,β-unsaturated/α-hetero) is 1. The summed E-state index contributed by atoms with van der Waals surface area (Å²) in [6, 6.07) is 14.1. The lowest BCUT2D eigenvalue weighted by molar-refractivity contribution is -0.137. The summed E-state index contributed by atoms with van der Waals surface area (Å²) in [5, 5.41) is 11.9. The molecule has 0 aliphatic carbocycles. The van der Waals surface area contributed by atoms with E-state index in [1.165, 1.54) is 5.56 Å².